The van der Waals surface area contributed by atoms with E-state index in [-0.39, 0.29) is 23.1 Å². The molecular formula is C23H29BrClN3O3S. The van der Waals surface area contributed by atoms with Gasteiger partial charge in [0.05, 0.1) is 10.6 Å². The molecule has 1 heterocycles. The lowest BCUT2D eigenvalue weighted by Gasteiger charge is -2.38. The summed E-state index contributed by atoms with van der Waals surface area (Å²) in [6.07, 6.45) is 0. The molecule has 1 saturated heterocycles. The third kappa shape index (κ3) is 6.04. The van der Waals surface area contributed by atoms with Gasteiger partial charge in [-0.1, -0.05) is 34.5 Å². The number of rotatable bonds is 7. The largest absolute Gasteiger partial charge is 0.369 e. The van der Waals surface area contributed by atoms with Crippen LogP contribution in [0.25, 0.3) is 0 Å². The molecule has 2 aromatic carbocycles. The second-order valence-electron chi connectivity index (χ2n) is 8.15. The lowest BCUT2D eigenvalue weighted by atomic mass is 10.1. The third-order valence-electron chi connectivity index (χ3n) is 5.73. The van der Waals surface area contributed by atoms with Gasteiger partial charge in [-0.2, -0.15) is 0 Å². The van der Waals surface area contributed by atoms with Crippen molar-refractivity contribution in [3.8, 4) is 0 Å². The molecule has 0 aliphatic carbocycles. The van der Waals surface area contributed by atoms with E-state index in [2.05, 4.69) is 44.9 Å². The predicted octanol–water partition coefficient (Wildman–Crippen LogP) is 4.36. The van der Waals surface area contributed by atoms with Gasteiger partial charge >= 0.3 is 0 Å². The summed E-state index contributed by atoms with van der Waals surface area (Å²) in [6, 6.07) is 10.8. The van der Waals surface area contributed by atoms with E-state index in [1.165, 1.54) is 6.07 Å². The van der Waals surface area contributed by atoms with Crippen molar-refractivity contribution >= 4 is 49.0 Å². The Morgan fingerprint density at radius 1 is 1.12 bits per heavy atom. The summed E-state index contributed by atoms with van der Waals surface area (Å²) in [5.41, 5.74) is 1.99. The maximum Gasteiger partial charge on any atom is 0.251 e. The van der Waals surface area contributed by atoms with Crippen LogP contribution in [-0.2, 0) is 16.4 Å². The maximum absolute atomic E-state index is 12.9. The Kier molecular flexibility index (Phi) is 8.25. The zero-order valence-corrected chi connectivity index (χ0v) is 21.7. The van der Waals surface area contributed by atoms with E-state index < -0.39 is 9.84 Å². The van der Waals surface area contributed by atoms with Crippen molar-refractivity contribution in [1.82, 2.24) is 10.2 Å². The number of carbonyl (C=O) groups is 1. The minimum atomic E-state index is -3.42. The Balaban J connectivity index is 1.75. The first-order valence-electron chi connectivity index (χ1n) is 10.7. The van der Waals surface area contributed by atoms with E-state index in [1.54, 1.807) is 25.1 Å². The van der Waals surface area contributed by atoms with E-state index in [1.807, 2.05) is 12.1 Å². The maximum atomic E-state index is 12.9. The molecule has 174 valence electrons. The van der Waals surface area contributed by atoms with Crippen LogP contribution in [0.1, 0.15) is 36.7 Å². The molecule has 1 N–H and O–H groups in total. The average molecular weight is 543 g/mol. The summed E-state index contributed by atoms with van der Waals surface area (Å²) in [5.74, 6) is -0.289. The van der Waals surface area contributed by atoms with Crippen LogP contribution in [-0.4, -0.2) is 57.2 Å². The number of carbonyl (C=O) groups excluding carboxylic acids is 1. The van der Waals surface area contributed by atoms with Gasteiger partial charge in [-0.05, 0) is 55.8 Å². The highest BCUT2D eigenvalue weighted by atomic mass is 79.9. The Morgan fingerprint density at radius 3 is 2.44 bits per heavy atom. The molecule has 1 aliphatic heterocycles. The van der Waals surface area contributed by atoms with Gasteiger partial charge in [0.1, 0.15) is 0 Å². The number of nitrogens with zero attached hydrogens (tertiary/aromatic N) is 2. The molecule has 6 nitrogen and oxygen atoms in total. The Bertz CT molecular complexity index is 1080. The number of nitrogens with one attached hydrogen (secondary N) is 1. The SMILES string of the molecule is CCS(=O)(=O)c1ccc(Cl)cc1CNC(=O)c1cc(Br)cc(N2CCN(C(C)C)CC2)c1. The van der Waals surface area contributed by atoms with Crippen molar-refractivity contribution < 1.29 is 13.2 Å². The molecule has 0 saturated carbocycles. The van der Waals surface area contributed by atoms with Crippen molar-refractivity contribution in [3.63, 3.8) is 0 Å². The molecule has 0 atom stereocenters. The molecule has 2 aromatic rings. The van der Waals surface area contributed by atoms with Gasteiger partial charge in [0, 0.05) is 59.5 Å². The highest BCUT2D eigenvalue weighted by Crippen LogP contribution is 2.25. The lowest BCUT2D eigenvalue weighted by Crippen LogP contribution is -2.48. The number of sulfone groups is 1. The fraction of sp³-hybridized carbons (Fsp3) is 0.435. The molecule has 9 heteroatoms. The van der Waals surface area contributed by atoms with Crippen LogP contribution in [0.5, 0.6) is 0 Å². The predicted molar refractivity (Wildman–Crippen MR) is 133 cm³/mol. The Morgan fingerprint density at radius 2 is 1.81 bits per heavy atom. The summed E-state index contributed by atoms with van der Waals surface area (Å²) in [6.45, 7) is 9.83. The van der Waals surface area contributed by atoms with Gasteiger partial charge in [-0.25, -0.2) is 8.42 Å². The molecular weight excluding hydrogens is 514 g/mol. The van der Waals surface area contributed by atoms with Gasteiger partial charge in [-0.3, -0.25) is 9.69 Å². The number of anilines is 1. The average Bonchev–Trinajstić information content (AvgIpc) is 2.77. The molecule has 0 spiro atoms. The summed E-state index contributed by atoms with van der Waals surface area (Å²) in [5, 5.41) is 3.27. The second kappa shape index (κ2) is 10.5. The first kappa shape index (κ1) is 25.0. The molecule has 0 bridgehead atoms. The normalized spacial score (nSPS) is 15.2. The van der Waals surface area contributed by atoms with Gasteiger partial charge < -0.3 is 10.2 Å². The molecule has 1 amide bonds. The van der Waals surface area contributed by atoms with Crippen LogP contribution in [0.4, 0.5) is 5.69 Å². The van der Waals surface area contributed by atoms with E-state index in [4.69, 9.17) is 11.6 Å². The minimum absolute atomic E-state index is 0.0192. The summed E-state index contributed by atoms with van der Waals surface area (Å²) in [7, 11) is -3.42. The van der Waals surface area contributed by atoms with Crippen LogP contribution in [0.2, 0.25) is 5.02 Å². The lowest BCUT2D eigenvalue weighted by molar-refractivity contribution is 0.0950. The van der Waals surface area contributed by atoms with Crippen LogP contribution >= 0.6 is 27.5 Å². The zero-order valence-electron chi connectivity index (χ0n) is 18.6. The molecule has 0 radical (unpaired) electrons. The molecule has 3 rings (SSSR count). The van der Waals surface area contributed by atoms with E-state index >= 15 is 0 Å². The van der Waals surface area contributed by atoms with E-state index in [9.17, 15) is 13.2 Å². The smallest absolute Gasteiger partial charge is 0.251 e. The fourth-order valence-corrected chi connectivity index (χ4v) is 5.60. The van der Waals surface area contributed by atoms with E-state index in [0.29, 0.717) is 22.2 Å². The number of benzene rings is 2. The van der Waals surface area contributed by atoms with Gasteiger partial charge in [-0.15, -0.1) is 0 Å². The van der Waals surface area contributed by atoms with Gasteiger partial charge in [0.25, 0.3) is 5.91 Å². The van der Waals surface area contributed by atoms with Crippen LogP contribution < -0.4 is 10.2 Å². The van der Waals surface area contributed by atoms with Crippen molar-refractivity contribution in [3.05, 3.63) is 57.0 Å². The van der Waals surface area contributed by atoms with Gasteiger partial charge in [0.15, 0.2) is 9.84 Å². The zero-order chi connectivity index (χ0) is 23.5. The van der Waals surface area contributed by atoms with Crippen molar-refractivity contribution in [2.45, 2.75) is 38.3 Å². The first-order valence-corrected chi connectivity index (χ1v) is 13.5. The quantitative estimate of drug-likeness (QED) is 0.563. The van der Waals surface area contributed by atoms with Crippen LogP contribution in [0.3, 0.4) is 0 Å². The molecule has 0 aromatic heterocycles. The van der Waals surface area contributed by atoms with Crippen molar-refractivity contribution in [2.24, 2.45) is 0 Å². The molecule has 0 unspecified atom stereocenters. The third-order valence-corrected chi connectivity index (χ3v) is 8.25. The number of hydrogen-bond acceptors (Lipinski definition) is 5. The summed E-state index contributed by atoms with van der Waals surface area (Å²) >= 11 is 9.60. The summed E-state index contributed by atoms with van der Waals surface area (Å²) < 4.78 is 25.6. The number of amides is 1. The highest BCUT2D eigenvalue weighted by molar-refractivity contribution is 9.10. The fourth-order valence-electron chi connectivity index (χ4n) is 3.81. The Labute approximate surface area is 204 Å². The monoisotopic (exact) mass is 541 g/mol. The van der Waals surface area contributed by atoms with Crippen LogP contribution in [0, 0.1) is 0 Å². The second-order valence-corrected chi connectivity index (χ2v) is 11.8. The molecule has 1 aliphatic rings. The molecule has 1 fully saturated rings. The first-order chi connectivity index (χ1) is 15.1. The standard InChI is InChI=1S/C23H29BrClN3O3S/c1-4-32(30,31)22-6-5-20(25)12-18(22)15-26-23(29)17-11-19(24)14-21(13-17)28-9-7-27(8-10-28)16(2)3/h5-6,11-14,16H,4,7-10,15H2,1-3H3,(H,26,29). The number of piperazine rings is 1. The Hall–Kier alpha value is -1.61. The van der Waals surface area contributed by atoms with Crippen molar-refractivity contribution in [1.29, 1.82) is 0 Å². The van der Waals surface area contributed by atoms with Crippen molar-refractivity contribution in [2.75, 3.05) is 36.8 Å². The van der Waals surface area contributed by atoms with E-state index in [0.717, 1.165) is 36.3 Å². The van der Waals surface area contributed by atoms with Gasteiger partial charge in [0.2, 0.25) is 0 Å². The topological polar surface area (TPSA) is 69.7 Å². The number of halogens is 2. The minimum Gasteiger partial charge on any atom is -0.369 e. The number of hydrogen-bond donors (Lipinski definition) is 1. The summed E-state index contributed by atoms with van der Waals surface area (Å²) in [4.78, 5) is 17.8. The van der Waals surface area contributed by atoms with Crippen LogP contribution in [0.15, 0.2) is 45.8 Å². The molecule has 32 heavy (non-hydrogen) atoms. The highest BCUT2D eigenvalue weighted by Gasteiger charge is 2.21.